The number of ether oxygens (including phenoxy) is 1. The van der Waals surface area contributed by atoms with Crippen LogP contribution in [0.1, 0.15) is 28.0 Å². The monoisotopic (exact) mass is 496 g/mol. The summed E-state index contributed by atoms with van der Waals surface area (Å²) >= 11 is 0. The van der Waals surface area contributed by atoms with Gasteiger partial charge in [0.1, 0.15) is 5.75 Å². The molecular formula is C22H23F3N4O4S. The van der Waals surface area contributed by atoms with Crippen molar-refractivity contribution in [1.29, 1.82) is 0 Å². The van der Waals surface area contributed by atoms with Gasteiger partial charge in [0.15, 0.2) is 15.7 Å². The highest BCUT2D eigenvalue weighted by molar-refractivity contribution is 7.90. The number of carbonyl (C=O) groups is 1. The standard InChI is InChI=1S/C22H23F3N4O4S/c1-15-19(14-27-29(15)20-9-8-16(13-26-20)22(23,24)25)21(30)28(2)10-5-11-33-17-6-4-7-18(12-17)34(3,31)32/h4,6-9,12-14H,5,10-11H2,1-3H3. The first-order valence-electron chi connectivity index (χ1n) is 10.1. The number of rotatable bonds is 8. The predicted octanol–water partition coefficient (Wildman–Crippen LogP) is 3.54. The zero-order valence-corrected chi connectivity index (χ0v) is 19.5. The van der Waals surface area contributed by atoms with Crippen molar-refractivity contribution >= 4 is 15.7 Å². The number of alkyl halides is 3. The van der Waals surface area contributed by atoms with Crippen LogP contribution >= 0.6 is 0 Å². The van der Waals surface area contributed by atoms with E-state index in [0.717, 1.165) is 18.5 Å². The molecule has 2 heterocycles. The Morgan fingerprint density at radius 2 is 1.91 bits per heavy atom. The van der Waals surface area contributed by atoms with E-state index in [-0.39, 0.29) is 23.2 Å². The van der Waals surface area contributed by atoms with Gasteiger partial charge in [-0.25, -0.2) is 18.1 Å². The summed E-state index contributed by atoms with van der Waals surface area (Å²) < 4.78 is 68.4. The van der Waals surface area contributed by atoms with Crippen LogP contribution in [0.2, 0.25) is 0 Å². The predicted molar refractivity (Wildman–Crippen MR) is 118 cm³/mol. The van der Waals surface area contributed by atoms with Gasteiger partial charge >= 0.3 is 6.18 Å². The molecule has 3 aromatic rings. The summed E-state index contributed by atoms with van der Waals surface area (Å²) in [5.41, 5.74) is -0.133. The van der Waals surface area contributed by atoms with Gasteiger partial charge in [-0.05, 0) is 43.7 Å². The van der Waals surface area contributed by atoms with Crippen LogP contribution in [-0.4, -0.2) is 60.4 Å². The molecule has 0 fully saturated rings. The van der Waals surface area contributed by atoms with E-state index in [9.17, 15) is 26.4 Å². The highest BCUT2D eigenvalue weighted by Gasteiger charge is 2.31. The number of nitrogens with zero attached hydrogens (tertiary/aromatic N) is 4. The molecule has 0 saturated carbocycles. The number of carbonyl (C=O) groups excluding carboxylic acids is 1. The summed E-state index contributed by atoms with van der Waals surface area (Å²) in [6, 6.07) is 8.26. The van der Waals surface area contributed by atoms with Crippen LogP contribution in [0.5, 0.6) is 5.75 Å². The van der Waals surface area contributed by atoms with E-state index in [2.05, 4.69) is 10.1 Å². The van der Waals surface area contributed by atoms with Crippen molar-refractivity contribution in [1.82, 2.24) is 19.7 Å². The van der Waals surface area contributed by atoms with Gasteiger partial charge in [-0.2, -0.15) is 18.3 Å². The fourth-order valence-electron chi connectivity index (χ4n) is 3.12. The Morgan fingerprint density at radius 1 is 1.18 bits per heavy atom. The second kappa shape index (κ2) is 9.84. The molecule has 182 valence electrons. The molecule has 0 spiro atoms. The Balaban J connectivity index is 1.58. The molecule has 0 aliphatic carbocycles. The van der Waals surface area contributed by atoms with Gasteiger partial charge in [0, 0.05) is 26.0 Å². The molecule has 1 amide bonds. The van der Waals surface area contributed by atoms with Gasteiger partial charge in [-0.1, -0.05) is 6.07 Å². The molecule has 0 bridgehead atoms. The molecule has 8 nitrogen and oxygen atoms in total. The summed E-state index contributed by atoms with van der Waals surface area (Å²) in [6.45, 7) is 2.25. The number of pyridine rings is 1. The fraction of sp³-hybridized carbons (Fsp3) is 0.318. The maximum absolute atomic E-state index is 12.8. The zero-order valence-electron chi connectivity index (χ0n) is 18.7. The first-order valence-corrected chi connectivity index (χ1v) is 12.0. The quantitative estimate of drug-likeness (QED) is 0.443. The molecule has 1 aromatic carbocycles. The van der Waals surface area contributed by atoms with E-state index >= 15 is 0 Å². The van der Waals surface area contributed by atoms with Crippen molar-refractivity contribution < 1.29 is 31.1 Å². The Bertz CT molecular complexity index is 1270. The SMILES string of the molecule is Cc1c(C(=O)N(C)CCCOc2cccc(S(C)(=O)=O)c2)cnn1-c1ccc(C(F)(F)F)cn1. The number of sulfone groups is 1. The van der Waals surface area contributed by atoms with E-state index in [0.29, 0.717) is 30.0 Å². The molecule has 0 N–H and O–H groups in total. The van der Waals surface area contributed by atoms with Gasteiger partial charge in [-0.3, -0.25) is 4.79 Å². The number of aromatic nitrogens is 3. The van der Waals surface area contributed by atoms with E-state index in [1.807, 2.05) is 0 Å². The summed E-state index contributed by atoms with van der Waals surface area (Å²) in [4.78, 5) is 18.3. The van der Waals surface area contributed by atoms with Crippen LogP contribution in [-0.2, 0) is 16.0 Å². The number of amides is 1. The first kappa shape index (κ1) is 25.2. The summed E-state index contributed by atoms with van der Waals surface area (Å²) in [7, 11) is -1.73. The van der Waals surface area contributed by atoms with Crippen LogP contribution in [0.4, 0.5) is 13.2 Å². The minimum absolute atomic E-state index is 0.160. The number of benzene rings is 1. The minimum atomic E-state index is -4.49. The van der Waals surface area contributed by atoms with Gasteiger partial charge in [0.05, 0.1) is 34.5 Å². The fourth-order valence-corrected chi connectivity index (χ4v) is 3.78. The first-order chi connectivity index (χ1) is 15.9. The van der Waals surface area contributed by atoms with E-state index in [1.165, 1.54) is 34.0 Å². The minimum Gasteiger partial charge on any atom is -0.493 e. The molecule has 2 aromatic heterocycles. The van der Waals surface area contributed by atoms with Crippen molar-refractivity contribution in [2.45, 2.75) is 24.4 Å². The molecule has 0 unspecified atom stereocenters. The lowest BCUT2D eigenvalue weighted by Gasteiger charge is -2.17. The summed E-state index contributed by atoms with van der Waals surface area (Å²) in [6.07, 6.45) is -0.825. The van der Waals surface area contributed by atoms with Gasteiger partial charge < -0.3 is 9.64 Å². The molecule has 0 aliphatic heterocycles. The van der Waals surface area contributed by atoms with Crippen molar-refractivity contribution in [2.24, 2.45) is 0 Å². The molecule has 12 heteroatoms. The van der Waals surface area contributed by atoms with Crippen molar-refractivity contribution in [3.05, 3.63) is 65.6 Å². The molecule has 0 atom stereocenters. The number of hydrogen-bond donors (Lipinski definition) is 0. The third-order valence-corrected chi connectivity index (χ3v) is 6.13. The Kier molecular flexibility index (Phi) is 7.29. The molecule has 34 heavy (non-hydrogen) atoms. The van der Waals surface area contributed by atoms with Gasteiger partial charge in [0.25, 0.3) is 5.91 Å². The Labute approximate surface area is 194 Å². The average molecular weight is 497 g/mol. The summed E-state index contributed by atoms with van der Waals surface area (Å²) in [5, 5.41) is 4.10. The molecule has 0 aliphatic rings. The zero-order chi connectivity index (χ0) is 25.1. The second-order valence-electron chi connectivity index (χ2n) is 7.63. The van der Waals surface area contributed by atoms with Crippen molar-refractivity contribution in [2.75, 3.05) is 26.5 Å². The van der Waals surface area contributed by atoms with Crippen LogP contribution in [0, 0.1) is 6.92 Å². The largest absolute Gasteiger partial charge is 0.493 e. The van der Waals surface area contributed by atoms with Crippen LogP contribution in [0.15, 0.2) is 53.7 Å². The number of halogens is 3. The normalized spacial score (nSPS) is 11.9. The number of hydrogen-bond acceptors (Lipinski definition) is 6. The Morgan fingerprint density at radius 3 is 2.53 bits per heavy atom. The highest BCUT2D eigenvalue weighted by atomic mass is 32.2. The van der Waals surface area contributed by atoms with E-state index < -0.39 is 21.6 Å². The van der Waals surface area contributed by atoms with Crippen LogP contribution in [0.25, 0.3) is 5.82 Å². The maximum Gasteiger partial charge on any atom is 0.417 e. The topological polar surface area (TPSA) is 94.4 Å². The lowest BCUT2D eigenvalue weighted by atomic mass is 10.2. The lowest BCUT2D eigenvalue weighted by molar-refractivity contribution is -0.137. The summed E-state index contributed by atoms with van der Waals surface area (Å²) in [5.74, 6) is 0.268. The maximum atomic E-state index is 12.8. The molecular weight excluding hydrogens is 473 g/mol. The van der Waals surface area contributed by atoms with Gasteiger partial charge in [0.2, 0.25) is 0 Å². The molecule has 0 radical (unpaired) electrons. The Hall–Kier alpha value is -3.41. The van der Waals surface area contributed by atoms with Crippen molar-refractivity contribution in [3.63, 3.8) is 0 Å². The lowest BCUT2D eigenvalue weighted by Crippen LogP contribution is -2.29. The van der Waals surface area contributed by atoms with E-state index in [4.69, 9.17) is 4.74 Å². The van der Waals surface area contributed by atoms with E-state index in [1.54, 1.807) is 26.1 Å². The van der Waals surface area contributed by atoms with Gasteiger partial charge in [-0.15, -0.1) is 0 Å². The second-order valence-corrected chi connectivity index (χ2v) is 9.65. The van der Waals surface area contributed by atoms with Crippen LogP contribution in [0.3, 0.4) is 0 Å². The third-order valence-electron chi connectivity index (χ3n) is 5.02. The average Bonchev–Trinajstić information content (AvgIpc) is 3.16. The van der Waals surface area contributed by atoms with Crippen LogP contribution < -0.4 is 4.74 Å². The third kappa shape index (κ3) is 5.93. The highest BCUT2D eigenvalue weighted by Crippen LogP contribution is 2.29. The molecule has 3 rings (SSSR count). The van der Waals surface area contributed by atoms with Crippen molar-refractivity contribution in [3.8, 4) is 11.6 Å². The molecule has 0 saturated heterocycles. The smallest absolute Gasteiger partial charge is 0.417 e.